The van der Waals surface area contributed by atoms with Crippen molar-refractivity contribution in [2.75, 3.05) is 0 Å². The fourth-order valence-corrected chi connectivity index (χ4v) is 2.72. The maximum Gasteiger partial charge on any atom is 0.326 e. The van der Waals surface area contributed by atoms with Crippen LogP contribution in [-0.2, 0) is 11.3 Å². The topological polar surface area (TPSA) is 71.3 Å². The second-order valence-corrected chi connectivity index (χ2v) is 5.47. The lowest BCUT2D eigenvalue weighted by Crippen LogP contribution is -2.42. The molecule has 1 atom stereocenters. The lowest BCUT2D eigenvalue weighted by atomic mass is 10.1. The van der Waals surface area contributed by atoms with Gasteiger partial charge in [-0.3, -0.25) is 4.79 Å². The number of aryl methyl sites for hydroxylation is 1. The van der Waals surface area contributed by atoms with Crippen molar-refractivity contribution in [3.05, 3.63) is 36.0 Å². The van der Waals surface area contributed by atoms with Crippen LogP contribution in [0, 0.1) is 5.92 Å². The summed E-state index contributed by atoms with van der Waals surface area (Å²) >= 11 is 0. The summed E-state index contributed by atoms with van der Waals surface area (Å²) < 4.78 is 2.00. The van der Waals surface area contributed by atoms with Crippen molar-refractivity contribution < 1.29 is 14.7 Å². The molecular weight excluding hydrogens is 268 g/mol. The minimum Gasteiger partial charge on any atom is -0.480 e. The van der Waals surface area contributed by atoms with Gasteiger partial charge in [-0.15, -0.1) is 0 Å². The van der Waals surface area contributed by atoms with E-state index in [1.54, 1.807) is 6.20 Å². The molecule has 0 spiro atoms. The Morgan fingerprint density at radius 3 is 2.71 bits per heavy atom. The van der Waals surface area contributed by atoms with E-state index in [1.807, 2.05) is 35.8 Å². The first kappa shape index (κ1) is 13.7. The second-order valence-electron chi connectivity index (χ2n) is 5.47. The molecule has 2 N–H and O–H groups in total. The molecule has 0 radical (unpaired) electrons. The van der Waals surface area contributed by atoms with Gasteiger partial charge in [0.05, 0.1) is 5.56 Å². The minimum absolute atomic E-state index is 0.0750. The van der Waals surface area contributed by atoms with Crippen LogP contribution >= 0.6 is 0 Å². The number of benzene rings is 1. The summed E-state index contributed by atoms with van der Waals surface area (Å²) in [5, 5.41) is 12.8. The molecule has 1 aliphatic carbocycles. The van der Waals surface area contributed by atoms with Crippen LogP contribution in [0.3, 0.4) is 0 Å². The van der Waals surface area contributed by atoms with Crippen LogP contribution in [0.25, 0.3) is 10.9 Å². The van der Waals surface area contributed by atoms with Gasteiger partial charge in [-0.05, 0) is 31.7 Å². The maximum atomic E-state index is 12.4. The zero-order chi connectivity index (χ0) is 15.0. The molecule has 5 nitrogen and oxygen atoms in total. The zero-order valence-corrected chi connectivity index (χ0v) is 11.9. The molecule has 2 aromatic rings. The minimum atomic E-state index is -0.954. The van der Waals surface area contributed by atoms with E-state index in [9.17, 15) is 14.7 Å². The summed E-state index contributed by atoms with van der Waals surface area (Å²) in [6.45, 7) is 2.77. The van der Waals surface area contributed by atoms with E-state index in [4.69, 9.17) is 0 Å². The van der Waals surface area contributed by atoms with Crippen molar-refractivity contribution in [3.63, 3.8) is 0 Å². The highest BCUT2D eigenvalue weighted by Gasteiger charge is 2.37. The van der Waals surface area contributed by atoms with Gasteiger partial charge in [0.1, 0.15) is 6.04 Å². The van der Waals surface area contributed by atoms with Crippen molar-refractivity contribution in [3.8, 4) is 0 Å². The van der Waals surface area contributed by atoms with E-state index in [1.165, 1.54) is 0 Å². The quantitative estimate of drug-likeness (QED) is 0.885. The van der Waals surface area contributed by atoms with Gasteiger partial charge in [0.25, 0.3) is 5.91 Å². The Balaban J connectivity index is 1.92. The fraction of sp³-hybridized carbons (Fsp3) is 0.375. The summed E-state index contributed by atoms with van der Waals surface area (Å²) in [7, 11) is 0. The third-order valence-corrected chi connectivity index (χ3v) is 4.02. The molecule has 21 heavy (non-hydrogen) atoms. The molecule has 110 valence electrons. The van der Waals surface area contributed by atoms with Crippen LogP contribution in [-0.4, -0.2) is 27.6 Å². The summed E-state index contributed by atoms with van der Waals surface area (Å²) in [5.74, 6) is -1.19. The number of aromatic nitrogens is 1. The zero-order valence-electron chi connectivity index (χ0n) is 11.9. The van der Waals surface area contributed by atoms with Gasteiger partial charge in [-0.25, -0.2) is 4.79 Å². The number of hydrogen-bond donors (Lipinski definition) is 2. The Morgan fingerprint density at radius 2 is 2.10 bits per heavy atom. The number of carboxylic acid groups (broad SMARTS) is 1. The van der Waals surface area contributed by atoms with Crippen LogP contribution in [0.2, 0.25) is 0 Å². The number of amides is 1. The van der Waals surface area contributed by atoms with Crippen LogP contribution in [0.15, 0.2) is 30.5 Å². The van der Waals surface area contributed by atoms with E-state index in [2.05, 4.69) is 5.32 Å². The second kappa shape index (κ2) is 5.24. The summed E-state index contributed by atoms with van der Waals surface area (Å²) in [4.78, 5) is 23.7. The highest BCUT2D eigenvalue weighted by Crippen LogP contribution is 2.33. The molecule has 1 fully saturated rings. The predicted octanol–water partition coefficient (Wildman–Crippen LogP) is 2.25. The summed E-state index contributed by atoms with van der Waals surface area (Å²) in [5.41, 5.74) is 1.53. The normalized spacial score (nSPS) is 15.9. The largest absolute Gasteiger partial charge is 0.480 e. The standard InChI is InChI=1S/C16H18N2O3/c1-2-18-9-12(11-5-3-4-6-13(11)18)15(19)17-14(16(20)21)10-7-8-10/h3-6,9-10,14H,2,7-8H2,1H3,(H,17,19)(H,20,21). The average Bonchev–Trinajstić information content (AvgIpc) is 3.24. The number of rotatable bonds is 5. The van der Waals surface area contributed by atoms with Crippen molar-refractivity contribution >= 4 is 22.8 Å². The third-order valence-electron chi connectivity index (χ3n) is 4.02. The first-order valence-electron chi connectivity index (χ1n) is 7.23. The summed E-state index contributed by atoms with van der Waals surface area (Å²) in [6, 6.07) is 6.89. The van der Waals surface area contributed by atoms with Crippen LogP contribution < -0.4 is 5.32 Å². The van der Waals surface area contributed by atoms with Crippen molar-refractivity contribution in [2.45, 2.75) is 32.4 Å². The molecular formula is C16H18N2O3. The first-order valence-corrected chi connectivity index (χ1v) is 7.23. The molecule has 1 unspecified atom stereocenters. The number of hydrogen-bond acceptors (Lipinski definition) is 2. The smallest absolute Gasteiger partial charge is 0.326 e. The SMILES string of the molecule is CCn1cc(C(=O)NC(C(=O)O)C2CC2)c2ccccc21. The molecule has 1 aromatic carbocycles. The van der Waals surface area contributed by atoms with Crippen LogP contribution in [0.4, 0.5) is 0 Å². The predicted molar refractivity (Wildman–Crippen MR) is 79.2 cm³/mol. The maximum absolute atomic E-state index is 12.4. The van der Waals surface area contributed by atoms with Crippen molar-refractivity contribution in [1.29, 1.82) is 0 Å². The number of para-hydroxylation sites is 1. The number of carbonyl (C=O) groups excluding carboxylic acids is 1. The monoisotopic (exact) mass is 286 g/mol. The van der Waals surface area contributed by atoms with Gasteiger partial charge in [0.15, 0.2) is 0 Å². The van der Waals surface area contributed by atoms with Gasteiger partial charge in [-0.1, -0.05) is 18.2 Å². The van der Waals surface area contributed by atoms with Gasteiger partial charge >= 0.3 is 5.97 Å². The van der Waals surface area contributed by atoms with E-state index >= 15 is 0 Å². The van der Waals surface area contributed by atoms with Crippen molar-refractivity contribution in [1.82, 2.24) is 9.88 Å². The average molecular weight is 286 g/mol. The highest BCUT2D eigenvalue weighted by atomic mass is 16.4. The van der Waals surface area contributed by atoms with E-state index in [-0.39, 0.29) is 11.8 Å². The molecule has 0 bridgehead atoms. The Labute approximate surface area is 122 Å². The molecule has 0 aliphatic heterocycles. The molecule has 3 rings (SSSR count). The van der Waals surface area contributed by atoms with Gasteiger partial charge in [0.2, 0.25) is 0 Å². The molecule has 1 heterocycles. The third kappa shape index (κ3) is 2.51. The molecule has 1 amide bonds. The van der Waals surface area contributed by atoms with Crippen LogP contribution in [0.5, 0.6) is 0 Å². The lowest BCUT2D eigenvalue weighted by Gasteiger charge is -2.13. The Bertz CT molecular complexity index is 701. The number of nitrogens with one attached hydrogen (secondary N) is 1. The highest BCUT2D eigenvalue weighted by molar-refractivity contribution is 6.08. The van der Waals surface area contributed by atoms with E-state index < -0.39 is 12.0 Å². The molecule has 1 saturated carbocycles. The fourth-order valence-electron chi connectivity index (χ4n) is 2.72. The Hall–Kier alpha value is -2.30. The molecule has 1 aliphatic rings. The molecule has 1 aromatic heterocycles. The Morgan fingerprint density at radius 1 is 1.38 bits per heavy atom. The van der Waals surface area contributed by atoms with Crippen LogP contribution in [0.1, 0.15) is 30.1 Å². The number of fused-ring (bicyclic) bond motifs is 1. The Kier molecular flexibility index (Phi) is 3.41. The van der Waals surface area contributed by atoms with E-state index in [0.29, 0.717) is 5.56 Å². The number of carboxylic acids is 1. The molecule has 5 heteroatoms. The number of carbonyl (C=O) groups is 2. The number of aliphatic carboxylic acids is 1. The number of nitrogens with zero attached hydrogens (tertiary/aromatic N) is 1. The van der Waals surface area contributed by atoms with Gasteiger partial charge in [-0.2, -0.15) is 0 Å². The lowest BCUT2D eigenvalue weighted by molar-refractivity contribution is -0.139. The summed E-state index contributed by atoms with van der Waals surface area (Å²) in [6.07, 6.45) is 3.54. The first-order chi connectivity index (χ1) is 10.1. The van der Waals surface area contributed by atoms with Gasteiger partial charge in [0, 0.05) is 23.6 Å². The van der Waals surface area contributed by atoms with Gasteiger partial charge < -0.3 is 15.0 Å². The van der Waals surface area contributed by atoms with E-state index in [0.717, 1.165) is 30.3 Å². The van der Waals surface area contributed by atoms with Crippen molar-refractivity contribution in [2.24, 2.45) is 5.92 Å². The molecule has 0 saturated heterocycles.